The summed E-state index contributed by atoms with van der Waals surface area (Å²) < 4.78 is 27.6. The SMILES string of the molecule is COc1ccnc(C(=O)NC2COC(=O)C(Cc3ccccc3)C(OC(=O)C(C)C)C(C)OC2=O)c1OC(=O)CCCCCBr. The second-order valence-corrected chi connectivity index (χ2v) is 11.6. The van der Waals surface area contributed by atoms with Gasteiger partial charge >= 0.3 is 23.9 Å². The molecule has 1 aliphatic heterocycles. The van der Waals surface area contributed by atoms with E-state index in [-0.39, 0.29) is 30.0 Å². The second kappa shape index (κ2) is 17.5. The van der Waals surface area contributed by atoms with Crippen LogP contribution >= 0.6 is 15.9 Å². The molecule has 3 rings (SSSR count). The maximum Gasteiger partial charge on any atom is 0.332 e. The number of pyridine rings is 1. The predicted molar refractivity (Wildman–Crippen MR) is 165 cm³/mol. The van der Waals surface area contributed by atoms with Gasteiger partial charge < -0.3 is 29.0 Å². The number of unbranched alkanes of at least 4 members (excludes halogenated alkanes) is 2. The zero-order chi connectivity index (χ0) is 32.9. The first-order chi connectivity index (χ1) is 21.5. The van der Waals surface area contributed by atoms with Crippen LogP contribution in [0, 0.1) is 11.8 Å². The molecule has 0 spiro atoms. The summed E-state index contributed by atoms with van der Waals surface area (Å²) in [5.41, 5.74) is 0.461. The smallest absolute Gasteiger partial charge is 0.332 e. The van der Waals surface area contributed by atoms with E-state index in [4.69, 9.17) is 23.7 Å². The fourth-order valence-electron chi connectivity index (χ4n) is 4.53. The lowest BCUT2D eigenvalue weighted by Crippen LogP contribution is -2.47. The molecule has 1 saturated heterocycles. The fourth-order valence-corrected chi connectivity index (χ4v) is 4.93. The Labute approximate surface area is 270 Å². The Morgan fingerprint density at radius 2 is 1.80 bits per heavy atom. The number of carbonyl (C=O) groups is 5. The van der Waals surface area contributed by atoms with Crippen molar-refractivity contribution in [3.8, 4) is 11.5 Å². The van der Waals surface area contributed by atoms with Gasteiger partial charge in [0.25, 0.3) is 5.91 Å². The molecule has 1 aromatic carbocycles. The van der Waals surface area contributed by atoms with Crippen LogP contribution < -0.4 is 14.8 Å². The molecule has 4 atom stereocenters. The lowest BCUT2D eigenvalue weighted by atomic mass is 9.91. The van der Waals surface area contributed by atoms with Crippen LogP contribution in [-0.4, -0.2) is 72.1 Å². The third kappa shape index (κ3) is 10.3. The molecule has 45 heavy (non-hydrogen) atoms. The number of hydrogen-bond acceptors (Lipinski definition) is 11. The summed E-state index contributed by atoms with van der Waals surface area (Å²) in [4.78, 5) is 69.4. The Bertz CT molecular complexity index is 1340. The number of esters is 4. The summed E-state index contributed by atoms with van der Waals surface area (Å²) in [6, 6.07) is 9.04. The number of halogens is 1. The minimum Gasteiger partial charge on any atom is -0.493 e. The van der Waals surface area contributed by atoms with E-state index in [2.05, 4.69) is 26.2 Å². The lowest BCUT2D eigenvalue weighted by Gasteiger charge is -2.29. The van der Waals surface area contributed by atoms with Crippen molar-refractivity contribution in [3.05, 3.63) is 53.9 Å². The van der Waals surface area contributed by atoms with Crippen molar-refractivity contribution >= 4 is 45.7 Å². The summed E-state index contributed by atoms with van der Waals surface area (Å²) in [7, 11) is 1.34. The third-order valence-electron chi connectivity index (χ3n) is 7.00. The standard InChI is InChI=1S/C32H39BrN2O10/c1-19(2)30(38)45-27-20(3)43-32(40)23(18-42-31(39)22(27)17-21-11-7-5-8-12-21)35-29(37)26-28(24(41-4)14-16-34-26)44-25(36)13-9-6-10-15-33/h5,7-8,11-12,14,16,19-20,22-23,27H,6,9-10,13,15,17-18H2,1-4H3,(H,35,37). The van der Waals surface area contributed by atoms with Gasteiger partial charge in [-0.05, 0) is 31.7 Å². The molecule has 1 fully saturated rings. The van der Waals surface area contributed by atoms with Gasteiger partial charge in [0.15, 0.2) is 23.6 Å². The van der Waals surface area contributed by atoms with Gasteiger partial charge in [0.05, 0.1) is 13.0 Å². The minimum absolute atomic E-state index is 0.0830. The van der Waals surface area contributed by atoms with Crippen molar-refractivity contribution in [3.63, 3.8) is 0 Å². The number of nitrogens with zero attached hydrogens (tertiary/aromatic N) is 1. The number of methoxy groups -OCH3 is 1. The quantitative estimate of drug-likeness (QED) is 0.140. The molecule has 1 amide bonds. The first kappa shape index (κ1) is 35.5. The number of alkyl halides is 1. The van der Waals surface area contributed by atoms with Crippen LogP contribution in [0.4, 0.5) is 0 Å². The number of aromatic nitrogens is 1. The number of benzene rings is 1. The van der Waals surface area contributed by atoms with E-state index >= 15 is 0 Å². The number of carbonyl (C=O) groups excluding carboxylic acids is 5. The van der Waals surface area contributed by atoms with Crippen LogP contribution in [0.3, 0.4) is 0 Å². The van der Waals surface area contributed by atoms with Gasteiger partial charge in [-0.25, -0.2) is 9.78 Å². The Morgan fingerprint density at radius 3 is 2.47 bits per heavy atom. The molecule has 1 aliphatic rings. The van der Waals surface area contributed by atoms with Crippen molar-refractivity contribution < 1.29 is 47.7 Å². The van der Waals surface area contributed by atoms with Crippen molar-refractivity contribution in [2.24, 2.45) is 11.8 Å². The topological polar surface area (TPSA) is 156 Å². The lowest BCUT2D eigenvalue weighted by molar-refractivity contribution is -0.176. The number of amides is 1. The third-order valence-corrected chi connectivity index (χ3v) is 7.56. The highest BCUT2D eigenvalue weighted by Gasteiger charge is 2.42. The maximum atomic E-state index is 13.4. The Hall–Kier alpha value is -4.00. The van der Waals surface area contributed by atoms with Gasteiger partial charge in [-0.1, -0.05) is 66.5 Å². The summed E-state index contributed by atoms with van der Waals surface area (Å²) in [6.45, 7) is 4.23. The van der Waals surface area contributed by atoms with Crippen LogP contribution in [0.5, 0.6) is 11.5 Å². The maximum absolute atomic E-state index is 13.4. The largest absolute Gasteiger partial charge is 0.493 e. The molecular formula is C32H39BrN2O10. The van der Waals surface area contributed by atoms with E-state index in [1.54, 1.807) is 13.8 Å². The first-order valence-corrected chi connectivity index (χ1v) is 15.9. The van der Waals surface area contributed by atoms with E-state index in [1.165, 1.54) is 26.3 Å². The van der Waals surface area contributed by atoms with Crippen LogP contribution in [0.1, 0.15) is 62.5 Å². The second-order valence-electron chi connectivity index (χ2n) is 10.8. The predicted octanol–water partition coefficient (Wildman–Crippen LogP) is 3.96. The number of cyclic esters (lactones) is 2. The normalized spacial score (nSPS) is 20.1. The van der Waals surface area contributed by atoms with Crippen molar-refractivity contribution in [2.45, 2.75) is 71.1 Å². The molecule has 0 radical (unpaired) electrons. The number of ether oxygens (including phenoxy) is 5. The summed E-state index contributed by atoms with van der Waals surface area (Å²) in [5.74, 6) is -5.37. The zero-order valence-electron chi connectivity index (χ0n) is 25.8. The molecule has 12 nitrogen and oxygen atoms in total. The van der Waals surface area contributed by atoms with Gasteiger partial charge in [-0.2, -0.15) is 0 Å². The molecule has 0 saturated carbocycles. The van der Waals surface area contributed by atoms with Crippen LogP contribution in [0.2, 0.25) is 0 Å². The Balaban J connectivity index is 1.84. The fraction of sp³-hybridized carbons (Fsp3) is 0.500. The van der Waals surface area contributed by atoms with Gasteiger partial charge in [0.1, 0.15) is 18.6 Å². The molecule has 1 N–H and O–H groups in total. The average molecular weight is 692 g/mol. The van der Waals surface area contributed by atoms with E-state index in [9.17, 15) is 24.0 Å². The molecule has 2 heterocycles. The van der Waals surface area contributed by atoms with Gasteiger partial charge in [0.2, 0.25) is 5.75 Å². The molecular weight excluding hydrogens is 652 g/mol. The van der Waals surface area contributed by atoms with Crippen LogP contribution in [0.15, 0.2) is 42.6 Å². The van der Waals surface area contributed by atoms with Crippen molar-refractivity contribution in [1.29, 1.82) is 0 Å². The van der Waals surface area contributed by atoms with Gasteiger partial charge in [0, 0.05) is 24.0 Å². The minimum atomic E-state index is -1.46. The number of nitrogens with one attached hydrogen (secondary N) is 1. The summed E-state index contributed by atoms with van der Waals surface area (Å²) >= 11 is 3.35. The van der Waals surface area contributed by atoms with E-state index in [0.717, 1.165) is 23.7 Å². The molecule has 0 aliphatic carbocycles. The van der Waals surface area contributed by atoms with Crippen LogP contribution in [0.25, 0.3) is 0 Å². The Kier molecular flexibility index (Phi) is 13.8. The summed E-state index contributed by atoms with van der Waals surface area (Å²) in [5, 5.41) is 3.29. The van der Waals surface area contributed by atoms with Crippen molar-refractivity contribution in [1.82, 2.24) is 10.3 Å². The Morgan fingerprint density at radius 1 is 1.07 bits per heavy atom. The van der Waals surface area contributed by atoms with Gasteiger partial charge in [-0.15, -0.1) is 0 Å². The zero-order valence-corrected chi connectivity index (χ0v) is 27.4. The van der Waals surface area contributed by atoms with Gasteiger partial charge in [-0.3, -0.25) is 19.2 Å². The van der Waals surface area contributed by atoms with E-state index in [1.807, 2.05) is 30.3 Å². The molecule has 1 aromatic heterocycles. The number of hydrogen-bond donors (Lipinski definition) is 1. The first-order valence-electron chi connectivity index (χ1n) is 14.8. The number of rotatable bonds is 13. The highest BCUT2D eigenvalue weighted by Crippen LogP contribution is 2.30. The van der Waals surface area contributed by atoms with Crippen molar-refractivity contribution in [2.75, 3.05) is 19.0 Å². The molecule has 244 valence electrons. The molecule has 0 bridgehead atoms. The molecule has 4 unspecified atom stereocenters. The average Bonchev–Trinajstić information content (AvgIpc) is 3.05. The van der Waals surface area contributed by atoms with E-state index in [0.29, 0.717) is 6.42 Å². The molecule has 2 aromatic rings. The summed E-state index contributed by atoms with van der Waals surface area (Å²) in [6.07, 6.45) is 1.60. The monoisotopic (exact) mass is 690 g/mol. The van der Waals surface area contributed by atoms with Crippen LogP contribution in [-0.2, 0) is 39.8 Å². The van der Waals surface area contributed by atoms with E-state index < -0.39 is 66.5 Å². The highest BCUT2D eigenvalue weighted by molar-refractivity contribution is 9.09. The highest BCUT2D eigenvalue weighted by atomic mass is 79.9. The molecule has 13 heteroatoms.